The summed E-state index contributed by atoms with van der Waals surface area (Å²) in [4.78, 5) is 8.84. The molecule has 3 N–H and O–H groups in total. The molecule has 1 aromatic rings. The number of non-ortho nitro benzene ring substituents is 1. The van der Waals surface area contributed by atoms with Crippen molar-refractivity contribution >= 4 is 51.1 Å². The first kappa shape index (κ1) is 14.3. The summed E-state index contributed by atoms with van der Waals surface area (Å²) >= 11 is 0. The maximum absolute atomic E-state index is 10.7. The Morgan fingerprint density at radius 2 is 1.93 bits per heavy atom. The van der Waals surface area contributed by atoms with Gasteiger partial charge in [0.2, 0.25) is 0 Å². The fourth-order valence-electron chi connectivity index (χ4n) is 0.860. The van der Waals surface area contributed by atoms with Crippen molar-refractivity contribution < 1.29 is 17.9 Å². The van der Waals surface area contributed by atoms with Crippen LogP contribution in [-0.2, 0) is 10.1 Å². The van der Waals surface area contributed by atoms with Gasteiger partial charge < -0.3 is 5.73 Å². The van der Waals surface area contributed by atoms with Crippen molar-refractivity contribution in [2.24, 2.45) is 0 Å². The molecule has 9 heteroatoms. The van der Waals surface area contributed by atoms with E-state index in [0.29, 0.717) is 6.07 Å². The van der Waals surface area contributed by atoms with Crippen LogP contribution in [-0.4, -0.2) is 47.5 Å². The van der Waals surface area contributed by atoms with Crippen molar-refractivity contribution in [2.75, 3.05) is 5.73 Å². The first-order chi connectivity index (χ1) is 6.32. The number of nitrogen functional groups attached to an aromatic ring is 1. The summed E-state index contributed by atoms with van der Waals surface area (Å²) in [5, 5.41) is 10.3. The molecule has 0 atom stereocenters. The summed E-state index contributed by atoms with van der Waals surface area (Å²) in [6.45, 7) is 0. The molecule has 0 heterocycles. The Labute approximate surface area is 107 Å². The Hall–Kier alpha value is -0.670. The Bertz CT molecular complexity index is 486. The fourth-order valence-corrected chi connectivity index (χ4v) is 1.50. The third-order valence-corrected chi connectivity index (χ3v) is 2.40. The Kier molecular flexibility index (Phi) is 4.68. The van der Waals surface area contributed by atoms with Gasteiger partial charge in [-0.25, -0.2) is 0 Å². The van der Waals surface area contributed by atoms with Gasteiger partial charge in [-0.3, -0.25) is 14.7 Å². The van der Waals surface area contributed by atoms with E-state index < -0.39 is 25.6 Å². The van der Waals surface area contributed by atoms with Crippen molar-refractivity contribution in [3.63, 3.8) is 0 Å². The standard InChI is InChI=1S/C6H6N2O5S.Na.H/c7-5-2-1-4(8(9)10)3-6(5)14(11,12)13;;/h1-3H,7H2,(H,11,12,13);;. The van der Waals surface area contributed by atoms with Crippen LogP contribution in [0.15, 0.2) is 23.1 Å². The molecule has 1 aromatic carbocycles. The van der Waals surface area contributed by atoms with Crippen LogP contribution >= 0.6 is 0 Å². The number of nitrogens with two attached hydrogens (primary N) is 1. The van der Waals surface area contributed by atoms with Gasteiger partial charge in [-0.05, 0) is 6.07 Å². The molecule has 0 saturated heterocycles. The zero-order chi connectivity index (χ0) is 10.9. The molecule has 15 heavy (non-hydrogen) atoms. The second-order valence-corrected chi connectivity index (χ2v) is 3.84. The van der Waals surface area contributed by atoms with Gasteiger partial charge in [-0.2, -0.15) is 8.42 Å². The summed E-state index contributed by atoms with van der Waals surface area (Å²) in [5.74, 6) is 0. The number of nitro benzene ring substituents is 1. The van der Waals surface area contributed by atoms with Crippen LogP contribution < -0.4 is 5.73 Å². The van der Waals surface area contributed by atoms with Crippen LogP contribution in [0, 0.1) is 10.1 Å². The van der Waals surface area contributed by atoms with Crippen LogP contribution in [0.5, 0.6) is 0 Å². The van der Waals surface area contributed by atoms with Gasteiger partial charge in [0.05, 0.1) is 10.6 Å². The number of nitro groups is 1. The Morgan fingerprint density at radius 1 is 1.40 bits per heavy atom. The van der Waals surface area contributed by atoms with E-state index in [-0.39, 0.29) is 35.2 Å². The first-order valence-electron chi connectivity index (χ1n) is 3.34. The summed E-state index contributed by atoms with van der Waals surface area (Å²) in [7, 11) is -4.52. The van der Waals surface area contributed by atoms with Gasteiger partial charge >= 0.3 is 29.6 Å². The van der Waals surface area contributed by atoms with E-state index in [1.165, 1.54) is 0 Å². The summed E-state index contributed by atoms with van der Waals surface area (Å²) in [6, 6.07) is 2.79. The van der Waals surface area contributed by atoms with Crippen molar-refractivity contribution in [2.45, 2.75) is 4.90 Å². The number of hydrogen-bond acceptors (Lipinski definition) is 5. The Morgan fingerprint density at radius 3 is 2.33 bits per heavy atom. The number of rotatable bonds is 2. The van der Waals surface area contributed by atoms with Gasteiger partial charge in [0.25, 0.3) is 15.8 Å². The van der Waals surface area contributed by atoms with Gasteiger partial charge in [0.15, 0.2) is 0 Å². The van der Waals surface area contributed by atoms with Crippen molar-refractivity contribution in [1.82, 2.24) is 0 Å². The van der Waals surface area contributed by atoms with E-state index >= 15 is 0 Å². The predicted molar refractivity (Wildman–Crippen MR) is 54.5 cm³/mol. The molecule has 7 nitrogen and oxygen atoms in total. The van der Waals surface area contributed by atoms with Gasteiger partial charge in [-0.15, -0.1) is 0 Å². The minimum atomic E-state index is -4.52. The predicted octanol–water partition coefficient (Wildman–Crippen LogP) is -0.225. The molecule has 0 radical (unpaired) electrons. The van der Waals surface area contributed by atoms with E-state index in [1.807, 2.05) is 0 Å². The van der Waals surface area contributed by atoms with E-state index in [1.54, 1.807) is 0 Å². The van der Waals surface area contributed by atoms with Gasteiger partial charge in [0, 0.05) is 12.1 Å². The van der Waals surface area contributed by atoms with Crippen LogP contribution in [0.25, 0.3) is 0 Å². The molecule has 0 aromatic heterocycles. The number of anilines is 1. The molecule has 0 aliphatic rings. The molecule has 0 saturated carbocycles. The molecule has 0 aliphatic carbocycles. The fraction of sp³-hybridized carbons (Fsp3) is 0. The van der Waals surface area contributed by atoms with Crippen LogP contribution in [0.3, 0.4) is 0 Å². The second kappa shape index (κ2) is 4.90. The zero-order valence-corrected chi connectivity index (χ0v) is 7.56. The third kappa shape index (κ3) is 3.43. The average Bonchev–Trinajstić information content (AvgIpc) is 2.02. The number of hydrogen-bond donors (Lipinski definition) is 2. The van der Waals surface area contributed by atoms with Gasteiger partial charge in [0.1, 0.15) is 4.90 Å². The number of nitrogens with zero attached hydrogens (tertiary/aromatic N) is 1. The van der Waals surface area contributed by atoms with Crippen LogP contribution in [0.4, 0.5) is 11.4 Å². The van der Waals surface area contributed by atoms with E-state index in [0.717, 1.165) is 12.1 Å². The normalized spacial score (nSPS) is 10.5. The molecule has 1 rings (SSSR count). The summed E-state index contributed by atoms with van der Waals surface area (Å²) in [6.07, 6.45) is 0. The topological polar surface area (TPSA) is 124 Å². The van der Waals surface area contributed by atoms with Crippen molar-refractivity contribution in [1.29, 1.82) is 0 Å². The van der Waals surface area contributed by atoms with E-state index in [2.05, 4.69) is 0 Å². The molecular formula is C6H7N2NaO5S. The molecule has 0 aliphatic heterocycles. The van der Waals surface area contributed by atoms with Gasteiger partial charge in [-0.1, -0.05) is 0 Å². The van der Waals surface area contributed by atoms with E-state index in [9.17, 15) is 18.5 Å². The molecule has 0 spiro atoms. The van der Waals surface area contributed by atoms with E-state index in [4.69, 9.17) is 10.3 Å². The molecule has 0 bridgehead atoms. The minimum absolute atomic E-state index is 0. The monoisotopic (exact) mass is 242 g/mol. The zero-order valence-electron chi connectivity index (χ0n) is 6.75. The molecule has 78 valence electrons. The maximum atomic E-state index is 10.7. The first-order valence-corrected chi connectivity index (χ1v) is 4.78. The van der Waals surface area contributed by atoms with Crippen molar-refractivity contribution in [3.8, 4) is 0 Å². The second-order valence-electron chi connectivity index (χ2n) is 2.45. The quantitative estimate of drug-likeness (QED) is 0.243. The Balaban J connectivity index is 0.00000196. The SMILES string of the molecule is Nc1ccc([N+](=O)[O-])cc1S(=O)(=O)O.[NaH]. The molecule has 0 unspecified atom stereocenters. The number of benzene rings is 1. The molecule has 0 amide bonds. The summed E-state index contributed by atoms with van der Waals surface area (Å²) in [5.41, 5.74) is 4.52. The van der Waals surface area contributed by atoms with Crippen LogP contribution in [0.1, 0.15) is 0 Å². The molecular weight excluding hydrogens is 235 g/mol. The average molecular weight is 242 g/mol. The molecule has 0 fully saturated rings. The van der Waals surface area contributed by atoms with Crippen LogP contribution in [0.2, 0.25) is 0 Å². The van der Waals surface area contributed by atoms with Crippen molar-refractivity contribution in [3.05, 3.63) is 28.3 Å². The third-order valence-electron chi connectivity index (χ3n) is 1.49. The summed E-state index contributed by atoms with van der Waals surface area (Å²) < 4.78 is 30.0.